The van der Waals surface area contributed by atoms with Crippen molar-refractivity contribution in [3.05, 3.63) is 76.9 Å². The van der Waals surface area contributed by atoms with Crippen LogP contribution in [0.2, 0.25) is 0 Å². The van der Waals surface area contributed by atoms with Crippen LogP contribution in [0.1, 0.15) is 67.2 Å². The predicted molar refractivity (Wildman–Crippen MR) is 136 cm³/mol. The van der Waals surface area contributed by atoms with Crippen molar-refractivity contribution in [2.75, 3.05) is 26.4 Å². The van der Waals surface area contributed by atoms with Crippen molar-refractivity contribution in [2.24, 2.45) is 0 Å². The van der Waals surface area contributed by atoms with Gasteiger partial charge in [-0.1, -0.05) is 65.7 Å². The zero-order valence-electron chi connectivity index (χ0n) is 21.1. The van der Waals surface area contributed by atoms with Crippen molar-refractivity contribution < 1.29 is 24.1 Å². The average Bonchev–Trinajstić information content (AvgIpc) is 3.54. The van der Waals surface area contributed by atoms with E-state index in [0.717, 1.165) is 50.9 Å². The number of benzene rings is 2. The molecule has 6 rings (SSSR count). The van der Waals surface area contributed by atoms with Gasteiger partial charge in [0, 0.05) is 25.7 Å². The van der Waals surface area contributed by atoms with Gasteiger partial charge in [-0.3, -0.25) is 0 Å². The highest BCUT2D eigenvalue weighted by molar-refractivity contribution is 5.66. The highest BCUT2D eigenvalue weighted by atomic mass is 16.7. The van der Waals surface area contributed by atoms with Crippen molar-refractivity contribution in [3.63, 3.8) is 0 Å². The van der Waals surface area contributed by atoms with E-state index < -0.39 is 11.4 Å². The van der Waals surface area contributed by atoms with E-state index in [1.165, 1.54) is 22.3 Å². The van der Waals surface area contributed by atoms with Crippen LogP contribution in [0.5, 0.6) is 0 Å². The van der Waals surface area contributed by atoms with Gasteiger partial charge in [0.1, 0.15) is 0 Å². The zero-order chi connectivity index (χ0) is 24.4. The van der Waals surface area contributed by atoms with E-state index in [0.29, 0.717) is 26.1 Å². The van der Waals surface area contributed by atoms with Crippen molar-refractivity contribution in [2.45, 2.75) is 76.0 Å². The number of aliphatic hydroxyl groups is 1. The normalized spacial score (nSPS) is 24.1. The number of rotatable bonds is 2. The van der Waals surface area contributed by atoms with E-state index in [2.05, 4.69) is 56.3 Å². The third-order valence-electron chi connectivity index (χ3n) is 7.91. The van der Waals surface area contributed by atoms with Crippen LogP contribution in [0.3, 0.4) is 0 Å². The average molecular weight is 479 g/mol. The van der Waals surface area contributed by atoms with E-state index in [9.17, 15) is 5.11 Å². The third kappa shape index (κ3) is 5.55. The van der Waals surface area contributed by atoms with Crippen molar-refractivity contribution in [1.29, 1.82) is 0 Å². The van der Waals surface area contributed by atoms with Gasteiger partial charge < -0.3 is 24.1 Å². The molecule has 35 heavy (non-hydrogen) atoms. The number of allylic oxidation sites excluding steroid dienone is 1. The first-order valence-electron chi connectivity index (χ1n) is 13.0. The molecular weight excluding hydrogens is 440 g/mol. The predicted octanol–water partition coefficient (Wildman–Crippen LogP) is 5.81. The molecule has 1 N–H and O–H groups in total. The van der Waals surface area contributed by atoms with E-state index in [-0.39, 0.29) is 5.79 Å². The van der Waals surface area contributed by atoms with Crippen molar-refractivity contribution in [3.8, 4) is 0 Å². The molecule has 2 aromatic rings. The minimum Gasteiger partial charge on any atom is -0.385 e. The van der Waals surface area contributed by atoms with E-state index in [4.69, 9.17) is 18.9 Å². The second-order valence-electron chi connectivity index (χ2n) is 10.4. The summed E-state index contributed by atoms with van der Waals surface area (Å²) in [4.78, 5) is 0. The highest BCUT2D eigenvalue weighted by Gasteiger charge is 2.46. The first-order chi connectivity index (χ1) is 16.9. The molecule has 2 heterocycles. The van der Waals surface area contributed by atoms with Crippen molar-refractivity contribution in [1.82, 2.24) is 0 Å². The molecule has 1 saturated carbocycles. The SMILES string of the molecule is Cc1ccc(C2(O)CCC3(CC2)OCCO3)cc1.Cc1ccc(C2=CCC3(CC2)OCCO3)cc1. The Morgan fingerprint density at radius 1 is 0.629 bits per heavy atom. The minimum atomic E-state index is -0.714. The maximum absolute atomic E-state index is 10.8. The molecule has 0 bridgehead atoms. The molecule has 0 aromatic heterocycles. The largest absolute Gasteiger partial charge is 0.385 e. The number of aryl methyl sites for hydroxylation is 2. The molecule has 4 aliphatic rings. The summed E-state index contributed by atoms with van der Waals surface area (Å²) in [7, 11) is 0. The van der Waals surface area contributed by atoms with Crippen LogP contribution in [0, 0.1) is 13.8 Å². The Morgan fingerprint density at radius 2 is 1.14 bits per heavy atom. The number of ether oxygens (including phenoxy) is 4. The maximum Gasteiger partial charge on any atom is 0.172 e. The fourth-order valence-corrected chi connectivity index (χ4v) is 5.58. The van der Waals surface area contributed by atoms with Gasteiger partial charge in [-0.25, -0.2) is 0 Å². The molecule has 2 saturated heterocycles. The number of hydrogen-bond donors (Lipinski definition) is 1. The first kappa shape index (κ1) is 24.7. The van der Waals surface area contributed by atoms with Gasteiger partial charge in [-0.15, -0.1) is 0 Å². The summed E-state index contributed by atoms with van der Waals surface area (Å²) in [5.41, 5.74) is 5.59. The smallest absolute Gasteiger partial charge is 0.172 e. The summed E-state index contributed by atoms with van der Waals surface area (Å²) >= 11 is 0. The maximum atomic E-state index is 10.8. The van der Waals surface area contributed by atoms with Gasteiger partial charge in [0.2, 0.25) is 0 Å². The second kappa shape index (κ2) is 10.2. The second-order valence-corrected chi connectivity index (χ2v) is 10.4. The molecule has 2 aliphatic heterocycles. The van der Waals surface area contributed by atoms with Crippen molar-refractivity contribution >= 4 is 5.57 Å². The summed E-state index contributed by atoms with van der Waals surface area (Å²) in [5.74, 6) is -0.703. The molecule has 2 aliphatic carbocycles. The van der Waals surface area contributed by atoms with Crippen LogP contribution in [0.15, 0.2) is 54.6 Å². The van der Waals surface area contributed by atoms with Crippen LogP contribution in [0.25, 0.3) is 5.57 Å². The first-order valence-corrected chi connectivity index (χ1v) is 13.0. The van der Waals surface area contributed by atoms with Crippen LogP contribution >= 0.6 is 0 Å². The fraction of sp³-hybridized carbons (Fsp3) is 0.533. The van der Waals surface area contributed by atoms with Gasteiger partial charge in [0.25, 0.3) is 0 Å². The summed E-state index contributed by atoms with van der Waals surface area (Å²) in [6.07, 6.45) is 8.15. The van der Waals surface area contributed by atoms with Crippen LogP contribution in [-0.4, -0.2) is 43.1 Å². The lowest BCUT2D eigenvalue weighted by Crippen LogP contribution is -2.42. The lowest BCUT2D eigenvalue weighted by molar-refractivity contribution is -0.204. The van der Waals surface area contributed by atoms with E-state index in [1.807, 2.05) is 12.1 Å². The Balaban J connectivity index is 0.000000145. The summed E-state index contributed by atoms with van der Waals surface area (Å²) in [6.45, 7) is 7.03. The molecule has 3 fully saturated rings. The quantitative estimate of drug-likeness (QED) is 0.591. The topological polar surface area (TPSA) is 57.2 Å². The molecule has 5 nitrogen and oxygen atoms in total. The van der Waals surface area contributed by atoms with Gasteiger partial charge in [-0.05, 0) is 49.8 Å². The molecule has 2 spiro atoms. The Bertz CT molecular complexity index is 1000. The number of hydrogen-bond acceptors (Lipinski definition) is 5. The van der Waals surface area contributed by atoms with Gasteiger partial charge >= 0.3 is 0 Å². The fourth-order valence-electron chi connectivity index (χ4n) is 5.58. The van der Waals surface area contributed by atoms with E-state index in [1.54, 1.807) is 0 Å². The van der Waals surface area contributed by atoms with Crippen LogP contribution < -0.4 is 0 Å². The molecule has 0 amide bonds. The molecule has 188 valence electrons. The molecular formula is C30H38O5. The molecule has 0 unspecified atom stereocenters. The third-order valence-corrected chi connectivity index (χ3v) is 7.91. The van der Waals surface area contributed by atoms with Gasteiger partial charge in [0.15, 0.2) is 11.6 Å². The lowest BCUT2D eigenvalue weighted by Gasteiger charge is -2.40. The lowest BCUT2D eigenvalue weighted by atomic mass is 9.77. The molecule has 5 heteroatoms. The minimum absolute atomic E-state index is 0.297. The Morgan fingerprint density at radius 3 is 1.66 bits per heavy atom. The van der Waals surface area contributed by atoms with Gasteiger partial charge in [0.05, 0.1) is 32.0 Å². The molecule has 2 aromatic carbocycles. The molecule has 0 atom stereocenters. The Labute approximate surface area is 209 Å². The molecule has 0 radical (unpaired) electrons. The Hall–Kier alpha value is -2.02. The monoisotopic (exact) mass is 478 g/mol. The van der Waals surface area contributed by atoms with E-state index >= 15 is 0 Å². The zero-order valence-corrected chi connectivity index (χ0v) is 21.1. The highest BCUT2D eigenvalue weighted by Crippen LogP contribution is 2.44. The Kier molecular flexibility index (Phi) is 7.16. The van der Waals surface area contributed by atoms with Crippen LogP contribution in [-0.2, 0) is 24.5 Å². The standard InChI is InChI=1S/C15H20O3.C15H18O2/c1-12-2-4-13(5-3-12)14(16)6-8-15(9-7-14)17-10-11-18-15;1-12-2-4-13(5-3-12)14-6-8-15(9-7-14)16-10-11-17-15/h2-5,16H,6-11H2,1H3;2-6H,7-11H2,1H3. The van der Waals surface area contributed by atoms with Crippen LogP contribution in [0.4, 0.5) is 0 Å². The summed E-state index contributed by atoms with van der Waals surface area (Å²) < 4.78 is 22.8. The van der Waals surface area contributed by atoms with Gasteiger partial charge in [-0.2, -0.15) is 0 Å². The summed E-state index contributed by atoms with van der Waals surface area (Å²) in [6, 6.07) is 16.9. The summed E-state index contributed by atoms with van der Waals surface area (Å²) in [5, 5.41) is 10.8.